The Bertz CT molecular complexity index is 776. The molecule has 3 amide bonds. The van der Waals surface area contributed by atoms with Gasteiger partial charge in [0.1, 0.15) is 6.04 Å². The molecule has 3 rings (SSSR count). The third kappa shape index (κ3) is 6.87. The first kappa shape index (κ1) is 20.8. The summed E-state index contributed by atoms with van der Waals surface area (Å²) in [5, 5.41) is 8.56. The summed E-state index contributed by atoms with van der Waals surface area (Å²) >= 11 is 0. The molecule has 0 radical (unpaired) electrons. The predicted octanol–water partition coefficient (Wildman–Crippen LogP) is 2.05. The zero-order chi connectivity index (χ0) is 20.5. The quantitative estimate of drug-likeness (QED) is 0.670. The number of carbonyl (C=O) groups excluding carboxylic acids is 2. The van der Waals surface area contributed by atoms with Crippen molar-refractivity contribution in [3.63, 3.8) is 0 Å². The molecular formula is C22H29N5O2. The summed E-state index contributed by atoms with van der Waals surface area (Å²) < 4.78 is 0. The number of aromatic nitrogens is 1. The molecule has 0 aliphatic carbocycles. The number of rotatable bonds is 7. The van der Waals surface area contributed by atoms with Crippen molar-refractivity contribution in [2.75, 3.05) is 13.1 Å². The molecule has 1 fully saturated rings. The van der Waals surface area contributed by atoms with Crippen molar-refractivity contribution in [2.24, 2.45) is 0 Å². The summed E-state index contributed by atoms with van der Waals surface area (Å²) in [6, 6.07) is 14.9. The molecule has 0 saturated carbocycles. The van der Waals surface area contributed by atoms with Crippen molar-refractivity contribution in [3.8, 4) is 0 Å². The third-order valence-electron chi connectivity index (χ3n) is 5.09. The van der Waals surface area contributed by atoms with Gasteiger partial charge in [0.25, 0.3) is 0 Å². The van der Waals surface area contributed by atoms with Crippen molar-refractivity contribution in [3.05, 3.63) is 66.0 Å². The molecule has 154 valence electrons. The average Bonchev–Trinajstić information content (AvgIpc) is 2.75. The van der Waals surface area contributed by atoms with Crippen LogP contribution in [0.5, 0.6) is 0 Å². The highest BCUT2D eigenvalue weighted by Crippen LogP contribution is 2.12. The maximum Gasteiger partial charge on any atom is 0.315 e. The lowest BCUT2D eigenvalue weighted by Crippen LogP contribution is -2.52. The first-order valence-corrected chi connectivity index (χ1v) is 10.1. The lowest BCUT2D eigenvalue weighted by Gasteiger charge is -2.32. The molecule has 29 heavy (non-hydrogen) atoms. The molecule has 0 spiro atoms. The number of hydrogen-bond donors (Lipinski definition) is 3. The van der Waals surface area contributed by atoms with Gasteiger partial charge in [-0.1, -0.05) is 36.4 Å². The van der Waals surface area contributed by atoms with E-state index in [4.69, 9.17) is 0 Å². The summed E-state index contributed by atoms with van der Waals surface area (Å²) in [5.41, 5.74) is 2.09. The SMILES string of the molecule is CC(NC(=O)NC1CCN(Cc2ccccn2)CC1)C(=O)NCc1ccccc1. The number of benzene rings is 1. The Hall–Kier alpha value is -2.93. The Morgan fingerprint density at radius 2 is 1.83 bits per heavy atom. The van der Waals surface area contributed by atoms with Crippen LogP contribution in [0.1, 0.15) is 31.0 Å². The van der Waals surface area contributed by atoms with Gasteiger partial charge < -0.3 is 16.0 Å². The number of piperidine rings is 1. The number of urea groups is 1. The number of nitrogens with zero attached hydrogens (tertiary/aromatic N) is 2. The van der Waals surface area contributed by atoms with Crippen molar-refractivity contribution in [1.82, 2.24) is 25.8 Å². The molecule has 1 atom stereocenters. The van der Waals surface area contributed by atoms with Crippen molar-refractivity contribution in [1.29, 1.82) is 0 Å². The molecule has 1 aliphatic heterocycles. The minimum absolute atomic E-state index is 0.120. The fraction of sp³-hybridized carbons (Fsp3) is 0.409. The number of nitrogens with one attached hydrogen (secondary N) is 3. The van der Waals surface area contributed by atoms with Crippen LogP contribution >= 0.6 is 0 Å². The lowest BCUT2D eigenvalue weighted by atomic mass is 10.1. The molecule has 1 aromatic heterocycles. The van der Waals surface area contributed by atoms with E-state index < -0.39 is 6.04 Å². The second-order valence-corrected chi connectivity index (χ2v) is 7.41. The zero-order valence-corrected chi connectivity index (χ0v) is 16.8. The summed E-state index contributed by atoms with van der Waals surface area (Å²) in [6.07, 6.45) is 3.58. The van der Waals surface area contributed by atoms with Gasteiger partial charge in [-0.2, -0.15) is 0 Å². The summed E-state index contributed by atoms with van der Waals surface area (Å²) in [4.78, 5) is 31.2. The van der Waals surface area contributed by atoms with Crippen LogP contribution in [0.15, 0.2) is 54.7 Å². The molecule has 1 saturated heterocycles. The van der Waals surface area contributed by atoms with Crippen LogP contribution in [0.2, 0.25) is 0 Å². The van der Waals surface area contributed by atoms with Gasteiger partial charge in [-0.15, -0.1) is 0 Å². The molecule has 7 heteroatoms. The Morgan fingerprint density at radius 1 is 1.10 bits per heavy atom. The number of pyridine rings is 1. The van der Waals surface area contributed by atoms with Crippen molar-refractivity contribution in [2.45, 2.75) is 44.9 Å². The van der Waals surface area contributed by atoms with Crippen molar-refractivity contribution >= 4 is 11.9 Å². The number of likely N-dealkylation sites (tertiary alicyclic amines) is 1. The summed E-state index contributed by atoms with van der Waals surface area (Å²) in [7, 11) is 0. The Labute approximate surface area is 171 Å². The van der Waals surface area contributed by atoms with Gasteiger partial charge in [-0.05, 0) is 37.5 Å². The number of amides is 3. The van der Waals surface area contributed by atoms with Crippen LogP contribution in [-0.4, -0.2) is 47.0 Å². The monoisotopic (exact) mass is 395 g/mol. The summed E-state index contributed by atoms with van der Waals surface area (Å²) in [6.45, 7) is 4.79. The van der Waals surface area contributed by atoms with Gasteiger partial charge in [-0.25, -0.2) is 4.79 Å². The number of hydrogen-bond acceptors (Lipinski definition) is 4. The largest absolute Gasteiger partial charge is 0.350 e. The van der Waals surface area contributed by atoms with E-state index in [1.165, 1.54) is 0 Å². The second-order valence-electron chi connectivity index (χ2n) is 7.41. The first-order valence-electron chi connectivity index (χ1n) is 10.1. The molecule has 7 nitrogen and oxygen atoms in total. The minimum Gasteiger partial charge on any atom is -0.350 e. The highest BCUT2D eigenvalue weighted by atomic mass is 16.2. The topological polar surface area (TPSA) is 86.4 Å². The van der Waals surface area contributed by atoms with Gasteiger partial charge in [0.2, 0.25) is 5.91 Å². The normalized spacial score (nSPS) is 16.0. The van der Waals surface area contributed by atoms with Gasteiger partial charge >= 0.3 is 6.03 Å². The second kappa shape index (κ2) is 10.6. The van der Waals surface area contributed by atoms with Gasteiger partial charge in [0.05, 0.1) is 5.69 Å². The maximum atomic E-state index is 12.2. The standard InChI is InChI=1S/C22H29N5O2/c1-17(21(28)24-15-18-7-3-2-4-8-18)25-22(29)26-19-10-13-27(14-11-19)16-20-9-5-6-12-23-20/h2-9,12,17,19H,10-11,13-16H2,1H3,(H,24,28)(H2,25,26,29). The van der Waals surface area contributed by atoms with Gasteiger partial charge in [0.15, 0.2) is 0 Å². The van der Waals surface area contributed by atoms with E-state index in [9.17, 15) is 9.59 Å². The molecule has 2 aromatic rings. The van der Waals surface area contributed by atoms with E-state index >= 15 is 0 Å². The minimum atomic E-state index is -0.594. The van der Waals surface area contributed by atoms with Crippen LogP contribution in [0.3, 0.4) is 0 Å². The lowest BCUT2D eigenvalue weighted by molar-refractivity contribution is -0.122. The fourth-order valence-electron chi connectivity index (χ4n) is 3.38. The highest BCUT2D eigenvalue weighted by molar-refractivity contribution is 5.86. The highest BCUT2D eigenvalue weighted by Gasteiger charge is 2.22. The van der Waals surface area contributed by atoms with Gasteiger partial charge in [0, 0.05) is 38.4 Å². The fourth-order valence-corrected chi connectivity index (χ4v) is 3.38. The first-order chi connectivity index (χ1) is 14.1. The molecule has 1 aliphatic rings. The Morgan fingerprint density at radius 3 is 2.52 bits per heavy atom. The van der Waals surface area contributed by atoms with Crippen LogP contribution in [0.4, 0.5) is 4.79 Å². The Kier molecular flexibility index (Phi) is 7.58. The van der Waals surface area contributed by atoms with Crippen LogP contribution in [-0.2, 0) is 17.9 Å². The predicted molar refractivity (Wildman–Crippen MR) is 112 cm³/mol. The van der Waals surface area contributed by atoms with Gasteiger partial charge in [-0.3, -0.25) is 14.7 Å². The maximum absolute atomic E-state index is 12.2. The average molecular weight is 396 g/mol. The molecule has 2 heterocycles. The molecule has 3 N–H and O–H groups in total. The van der Waals surface area contributed by atoms with E-state index in [1.807, 2.05) is 54.7 Å². The smallest absolute Gasteiger partial charge is 0.315 e. The molecular weight excluding hydrogens is 366 g/mol. The van der Waals surface area contributed by atoms with E-state index in [0.717, 1.165) is 43.7 Å². The Balaban J connectivity index is 1.34. The summed E-state index contributed by atoms with van der Waals surface area (Å²) in [5.74, 6) is -0.200. The van der Waals surface area contributed by atoms with Crippen LogP contribution < -0.4 is 16.0 Å². The van der Waals surface area contributed by atoms with E-state index in [-0.39, 0.29) is 18.0 Å². The molecule has 1 unspecified atom stereocenters. The molecule has 1 aromatic carbocycles. The third-order valence-corrected chi connectivity index (χ3v) is 5.09. The van der Waals surface area contributed by atoms with Crippen molar-refractivity contribution < 1.29 is 9.59 Å². The van der Waals surface area contributed by atoms with E-state index in [1.54, 1.807) is 6.92 Å². The van der Waals surface area contributed by atoms with E-state index in [0.29, 0.717) is 6.54 Å². The van der Waals surface area contributed by atoms with E-state index in [2.05, 4.69) is 25.8 Å². The zero-order valence-electron chi connectivity index (χ0n) is 16.8. The molecule has 0 bridgehead atoms. The number of carbonyl (C=O) groups is 2. The van der Waals surface area contributed by atoms with Crippen LogP contribution in [0, 0.1) is 0 Å². The van der Waals surface area contributed by atoms with Crippen LogP contribution in [0.25, 0.3) is 0 Å².